The molecular formula is C28H20ClN9. The van der Waals surface area contributed by atoms with Crippen LogP contribution in [0, 0.1) is 0 Å². The second-order valence-electron chi connectivity index (χ2n) is 8.96. The molecule has 4 aromatic heterocycles. The summed E-state index contributed by atoms with van der Waals surface area (Å²) in [7, 11) is 2.00. The van der Waals surface area contributed by atoms with Gasteiger partial charge in [-0.25, -0.2) is 15.0 Å². The summed E-state index contributed by atoms with van der Waals surface area (Å²) < 4.78 is 5.83. The average molecular weight is 518 g/mol. The number of tetrazole rings is 1. The third-order valence-electron chi connectivity index (χ3n) is 6.66. The highest BCUT2D eigenvalue weighted by Gasteiger charge is 2.25. The zero-order valence-electron chi connectivity index (χ0n) is 20.2. The zero-order chi connectivity index (χ0) is 25.6. The lowest BCUT2D eigenvalue weighted by atomic mass is 9.99. The SMILES string of the molecule is Cn1ccnc1C(c1ccc2c(c1)c(-c1cccc(Cl)c1)nc1nnnn12)n1ccnc1-c1ccccc1. The van der Waals surface area contributed by atoms with Crippen molar-refractivity contribution < 1.29 is 0 Å². The predicted octanol–water partition coefficient (Wildman–Crippen LogP) is 5.23. The van der Waals surface area contributed by atoms with E-state index in [1.807, 2.05) is 84.9 Å². The minimum Gasteiger partial charge on any atom is -0.336 e. The molecule has 7 aromatic rings. The summed E-state index contributed by atoms with van der Waals surface area (Å²) in [5, 5.41) is 13.7. The Labute approximate surface area is 222 Å². The highest BCUT2D eigenvalue weighted by atomic mass is 35.5. The Morgan fingerprint density at radius 2 is 1.68 bits per heavy atom. The molecule has 0 saturated carbocycles. The van der Waals surface area contributed by atoms with Crippen molar-refractivity contribution in [1.29, 1.82) is 0 Å². The first kappa shape index (κ1) is 22.3. The van der Waals surface area contributed by atoms with Crippen LogP contribution in [0.5, 0.6) is 0 Å². The third kappa shape index (κ3) is 3.63. The van der Waals surface area contributed by atoms with Crippen molar-refractivity contribution in [1.82, 2.24) is 44.1 Å². The first-order chi connectivity index (χ1) is 18.7. The number of nitrogens with zero attached hydrogens (tertiary/aromatic N) is 9. The van der Waals surface area contributed by atoms with Crippen molar-refractivity contribution in [2.45, 2.75) is 6.04 Å². The normalized spacial score (nSPS) is 12.4. The summed E-state index contributed by atoms with van der Waals surface area (Å²) in [4.78, 5) is 14.3. The van der Waals surface area contributed by atoms with Crippen molar-refractivity contribution in [3.05, 3.63) is 114 Å². The van der Waals surface area contributed by atoms with Crippen LogP contribution in [0.2, 0.25) is 5.02 Å². The molecule has 9 nitrogen and oxygen atoms in total. The number of imidazole rings is 2. The summed E-state index contributed by atoms with van der Waals surface area (Å²) >= 11 is 6.36. The van der Waals surface area contributed by atoms with Gasteiger partial charge in [0.1, 0.15) is 17.7 Å². The molecule has 0 spiro atoms. The standard InChI is InChI=1S/C28H20ClN9/c1-36-14-12-31-27(36)25(37-15-13-30-26(37)18-6-3-2-4-7-18)20-10-11-23-22(17-20)24(19-8-5-9-21(29)16-19)32-28-33-34-35-38(23)28/h2-17,25H,1H3. The lowest BCUT2D eigenvalue weighted by Crippen LogP contribution is -2.17. The lowest BCUT2D eigenvalue weighted by Gasteiger charge is -2.22. The van der Waals surface area contributed by atoms with Crippen LogP contribution in [-0.2, 0) is 7.05 Å². The Hall–Kier alpha value is -4.89. The number of benzene rings is 3. The number of aromatic nitrogens is 9. The van der Waals surface area contributed by atoms with Crippen molar-refractivity contribution in [3.63, 3.8) is 0 Å². The second kappa shape index (κ2) is 8.89. The monoisotopic (exact) mass is 517 g/mol. The molecule has 1 atom stereocenters. The van der Waals surface area contributed by atoms with Gasteiger partial charge in [-0.15, -0.1) is 0 Å². The summed E-state index contributed by atoms with van der Waals surface area (Å²) in [5.41, 5.74) is 4.50. The molecule has 0 radical (unpaired) electrons. The van der Waals surface area contributed by atoms with Gasteiger partial charge in [0.05, 0.1) is 11.2 Å². The molecule has 0 aliphatic carbocycles. The van der Waals surface area contributed by atoms with Gasteiger partial charge in [0.15, 0.2) is 0 Å². The maximum Gasteiger partial charge on any atom is 0.274 e. The molecule has 184 valence electrons. The van der Waals surface area contributed by atoms with Gasteiger partial charge in [0, 0.05) is 53.4 Å². The molecule has 0 amide bonds. The van der Waals surface area contributed by atoms with Gasteiger partial charge in [-0.2, -0.15) is 4.52 Å². The van der Waals surface area contributed by atoms with Gasteiger partial charge >= 0.3 is 0 Å². The van der Waals surface area contributed by atoms with E-state index in [2.05, 4.69) is 44.4 Å². The Bertz CT molecular complexity index is 1920. The van der Waals surface area contributed by atoms with Crippen molar-refractivity contribution >= 4 is 28.3 Å². The van der Waals surface area contributed by atoms with E-state index in [9.17, 15) is 0 Å². The van der Waals surface area contributed by atoms with Crippen LogP contribution >= 0.6 is 11.6 Å². The topological polar surface area (TPSA) is 91.6 Å². The van der Waals surface area contributed by atoms with Gasteiger partial charge in [-0.1, -0.05) is 65.2 Å². The molecule has 4 heterocycles. The lowest BCUT2D eigenvalue weighted by molar-refractivity contribution is 0.613. The second-order valence-corrected chi connectivity index (χ2v) is 9.40. The molecule has 0 aliphatic rings. The van der Waals surface area contributed by atoms with Crippen LogP contribution < -0.4 is 0 Å². The Morgan fingerprint density at radius 3 is 2.50 bits per heavy atom. The number of fused-ring (bicyclic) bond motifs is 3. The zero-order valence-corrected chi connectivity index (χ0v) is 21.0. The van der Waals surface area contributed by atoms with Crippen molar-refractivity contribution in [3.8, 4) is 22.6 Å². The maximum atomic E-state index is 6.36. The fourth-order valence-corrected chi connectivity index (χ4v) is 5.12. The minimum absolute atomic E-state index is 0.256. The van der Waals surface area contributed by atoms with E-state index < -0.39 is 0 Å². The average Bonchev–Trinajstić information content (AvgIpc) is 3.71. The van der Waals surface area contributed by atoms with E-state index >= 15 is 0 Å². The van der Waals surface area contributed by atoms with Crippen LogP contribution in [0.25, 0.3) is 39.3 Å². The highest BCUT2D eigenvalue weighted by molar-refractivity contribution is 6.30. The van der Waals surface area contributed by atoms with E-state index in [-0.39, 0.29) is 6.04 Å². The van der Waals surface area contributed by atoms with Gasteiger partial charge in [0.25, 0.3) is 5.78 Å². The Kier molecular flexibility index (Phi) is 5.22. The molecule has 0 fully saturated rings. The smallest absolute Gasteiger partial charge is 0.274 e. The molecule has 7 rings (SSSR count). The van der Waals surface area contributed by atoms with E-state index in [4.69, 9.17) is 26.6 Å². The van der Waals surface area contributed by atoms with Crippen molar-refractivity contribution in [2.75, 3.05) is 0 Å². The number of hydrogen-bond acceptors (Lipinski definition) is 6. The summed E-state index contributed by atoms with van der Waals surface area (Å²) in [6.45, 7) is 0. The summed E-state index contributed by atoms with van der Waals surface area (Å²) in [5.74, 6) is 2.14. The van der Waals surface area contributed by atoms with E-state index in [1.165, 1.54) is 0 Å². The Balaban J connectivity index is 1.50. The predicted molar refractivity (Wildman–Crippen MR) is 145 cm³/mol. The fourth-order valence-electron chi connectivity index (χ4n) is 4.93. The van der Waals surface area contributed by atoms with Crippen LogP contribution in [0.4, 0.5) is 0 Å². The van der Waals surface area contributed by atoms with E-state index in [0.29, 0.717) is 10.8 Å². The molecule has 0 bridgehead atoms. The molecule has 0 saturated heterocycles. The van der Waals surface area contributed by atoms with Gasteiger partial charge in [0.2, 0.25) is 0 Å². The number of hydrogen-bond donors (Lipinski definition) is 0. The first-order valence-corrected chi connectivity index (χ1v) is 12.4. The first-order valence-electron chi connectivity index (χ1n) is 12.0. The molecule has 0 N–H and O–H groups in total. The molecule has 0 aliphatic heterocycles. The molecule has 1 unspecified atom stereocenters. The van der Waals surface area contributed by atoms with E-state index in [0.717, 1.165) is 44.9 Å². The highest BCUT2D eigenvalue weighted by Crippen LogP contribution is 2.35. The summed E-state index contributed by atoms with van der Waals surface area (Å²) in [6.07, 6.45) is 7.58. The van der Waals surface area contributed by atoms with Crippen LogP contribution in [0.3, 0.4) is 0 Å². The van der Waals surface area contributed by atoms with Crippen LogP contribution in [0.15, 0.2) is 97.6 Å². The van der Waals surface area contributed by atoms with Crippen LogP contribution in [0.1, 0.15) is 17.4 Å². The molecular weight excluding hydrogens is 498 g/mol. The van der Waals surface area contributed by atoms with Crippen LogP contribution in [-0.4, -0.2) is 44.1 Å². The van der Waals surface area contributed by atoms with Gasteiger partial charge in [-0.3, -0.25) is 0 Å². The van der Waals surface area contributed by atoms with Gasteiger partial charge in [-0.05, 0) is 40.3 Å². The molecule has 10 heteroatoms. The van der Waals surface area contributed by atoms with Gasteiger partial charge < -0.3 is 9.13 Å². The number of rotatable bonds is 5. The summed E-state index contributed by atoms with van der Waals surface area (Å²) in [6, 6.07) is 23.8. The third-order valence-corrected chi connectivity index (χ3v) is 6.90. The minimum atomic E-state index is -0.256. The fraction of sp³-hybridized carbons (Fsp3) is 0.0714. The van der Waals surface area contributed by atoms with E-state index in [1.54, 1.807) is 4.52 Å². The Morgan fingerprint density at radius 1 is 0.842 bits per heavy atom. The quantitative estimate of drug-likeness (QED) is 0.310. The number of aryl methyl sites for hydroxylation is 1. The number of halogens is 1. The van der Waals surface area contributed by atoms with Crippen molar-refractivity contribution in [2.24, 2.45) is 7.05 Å². The molecule has 38 heavy (non-hydrogen) atoms. The molecule has 3 aromatic carbocycles. The maximum absolute atomic E-state index is 6.36. The largest absolute Gasteiger partial charge is 0.336 e.